The summed E-state index contributed by atoms with van der Waals surface area (Å²) >= 11 is 0. The van der Waals surface area contributed by atoms with Crippen molar-refractivity contribution in [1.82, 2.24) is 0 Å². The SMILES string of the molecule is C/C=C/CC(F)(C#N)c1ccccc1. The molecule has 0 fully saturated rings. The molecule has 1 rings (SSSR count). The van der Waals surface area contributed by atoms with Crippen molar-refractivity contribution in [3.63, 3.8) is 0 Å². The Hall–Kier alpha value is -1.62. The number of nitriles is 1. The minimum Gasteiger partial charge on any atom is -0.222 e. The Kier molecular flexibility index (Phi) is 3.41. The van der Waals surface area contributed by atoms with Crippen LogP contribution in [0.3, 0.4) is 0 Å². The minimum absolute atomic E-state index is 0.101. The lowest BCUT2D eigenvalue weighted by molar-refractivity contribution is 0.248. The third-order valence-electron chi connectivity index (χ3n) is 2.04. The molecular weight excluding hydrogens is 177 g/mol. The van der Waals surface area contributed by atoms with Crippen LogP contribution in [0.4, 0.5) is 4.39 Å². The summed E-state index contributed by atoms with van der Waals surface area (Å²) in [5.41, 5.74) is -1.48. The lowest BCUT2D eigenvalue weighted by Gasteiger charge is -2.15. The van der Waals surface area contributed by atoms with Gasteiger partial charge in [-0.1, -0.05) is 42.5 Å². The highest BCUT2D eigenvalue weighted by Crippen LogP contribution is 2.29. The first kappa shape index (κ1) is 10.5. The molecule has 0 saturated heterocycles. The average molecular weight is 189 g/mol. The molecule has 0 aliphatic carbocycles. The number of hydrogen-bond donors (Lipinski definition) is 0. The largest absolute Gasteiger partial charge is 0.224 e. The number of allylic oxidation sites excluding steroid dienone is 2. The average Bonchev–Trinajstić information content (AvgIpc) is 2.27. The predicted octanol–water partition coefficient (Wildman–Crippen LogP) is 3.34. The van der Waals surface area contributed by atoms with E-state index in [9.17, 15) is 4.39 Å². The minimum atomic E-state index is -1.90. The highest BCUT2D eigenvalue weighted by molar-refractivity contribution is 5.29. The van der Waals surface area contributed by atoms with Crippen molar-refractivity contribution in [1.29, 1.82) is 5.26 Å². The summed E-state index contributed by atoms with van der Waals surface area (Å²) in [4.78, 5) is 0. The van der Waals surface area contributed by atoms with Crippen molar-refractivity contribution in [2.75, 3.05) is 0 Å². The number of hydrogen-bond acceptors (Lipinski definition) is 1. The van der Waals surface area contributed by atoms with E-state index < -0.39 is 5.67 Å². The van der Waals surface area contributed by atoms with Crippen LogP contribution in [0.15, 0.2) is 42.5 Å². The number of nitrogens with zero attached hydrogens (tertiary/aromatic N) is 1. The molecule has 0 spiro atoms. The molecule has 14 heavy (non-hydrogen) atoms. The van der Waals surface area contributed by atoms with Crippen LogP contribution in [0.25, 0.3) is 0 Å². The maximum atomic E-state index is 14.0. The Morgan fingerprint density at radius 1 is 1.43 bits per heavy atom. The van der Waals surface area contributed by atoms with E-state index in [1.165, 1.54) is 0 Å². The van der Waals surface area contributed by atoms with Crippen LogP contribution in [0.2, 0.25) is 0 Å². The molecule has 72 valence electrons. The molecule has 1 atom stereocenters. The van der Waals surface area contributed by atoms with Crippen LogP contribution in [0, 0.1) is 11.3 Å². The first-order valence-electron chi connectivity index (χ1n) is 4.50. The zero-order valence-electron chi connectivity index (χ0n) is 8.07. The molecule has 0 radical (unpaired) electrons. The number of halogens is 1. The highest BCUT2D eigenvalue weighted by atomic mass is 19.1. The number of rotatable bonds is 3. The van der Waals surface area contributed by atoms with Gasteiger partial charge in [-0.25, -0.2) is 4.39 Å². The van der Waals surface area contributed by atoms with Crippen molar-refractivity contribution in [3.8, 4) is 6.07 Å². The summed E-state index contributed by atoms with van der Waals surface area (Å²) in [6.45, 7) is 1.81. The molecule has 0 aliphatic rings. The molecule has 1 aromatic carbocycles. The van der Waals surface area contributed by atoms with Gasteiger partial charge in [0.15, 0.2) is 0 Å². The van der Waals surface area contributed by atoms with Crippen LogP contribution in [-0.2, 0) is 5.67 Å². The lowest BCUT2D eigenvalue weighted by Crippen LogP contribution is -2.16. The van der Waals surface area contributed by atoms with Gasteiger partial charge in [-0.2, -0.15) is 5.26 Å². The Labute approximate surface area is 83.5 Å². The summed E-state index contributed by atoms with van der Waals surface area (Å²) < 4.78 is 14.0. The maximum absolute atomic E-state index is 14.0. The van der Waals surface area contributed by atoms with E-state index in [4.69, 9.17) is 5.26 Å². The summed E-state index contributed by atoms with van der Waals surface area (Å²) in [5.74, 6) is 0. The zero-order valence-corrected chi connectivity index (χ0v) is 8.07. The topological polar surface area (TPSA) is 23.8 Å². The molecular formula is C12H12FN. The first-order chi connectivity index (χ1) is 6.73. The van der Waals surface area contributed by atoms with E-state index in [-0.39, 0.29) is 6.42 Å². The van der Waals surface area contributed by atoms with Gasteiger partial charge in [0.2, 0.25) is 5.67 Å². The molecule has 0 saturated carbocycles. The molecule has 1 nitrogen and oxygen atoms in total. The van der Waals surface area contributed by atoms with Crippen LogP contribution in [0.1, 0.15) is 18.9 Å². The third kappa shape index (κ3) is 2.20. The normalized spacial score (nSPS) is 14.9. The van der Waals surface area contributed by atoms with E-state index in [0.717, 1.165) is 0 Å². The van der Waals surface area contributed by atoms with Gasteiger partial charge < -0.3 is 0 Å². The van der Waals surface area contributed by atoms with Gasteiger partial charge in [0.25, 0.3) is 0 Å². The Morgan fingerprint density at radius 3 is 2.57 bits per heavy atom. The van der Waals surface area contributed by atoms with Crippen molar-refractivity contribution in [2.45, 2.75) is 19.0 Å². The monoisotopic (exact) mass is 189 g/mol. The zero-order chi connectivity index (χ0) is 10.4. The molecule has 2 heteroatoms. The van der Waals surface area contributed by atoms with E-state index in [2.05, 4.69) is 0 Å². The highest BCUT2D eigenvalue weighted by Gasteiger charge is 2.29. The van der Waals surface area contributed by atoms with Gasteiger partial charge >= 0.3 is 0 Å². The predicted molar refractivity (Wildman–Crippen MR) is 54.3 cm³/mol. The van der Waals surface area contributed by atoms with Crippen LogP contribution in [-0.4, -0.2) is 0 Å². The summed E-state index contributed by atoms with van der Waals surface area (Å²) in [6.07, 6.45) is 3.51. The van der Waals surface area contributed by atoms with Crippen LogP contribution >= 0.6 is 0 Å². The molecule has 0 bridgehead atoms. The Morgan fingerprint density at radius 2 is 2.07 bits per heavy atom. The summed E-state index contributed by atoms with van der Waals surface area (Å²) in [7, 11) is 0. The van der Waals surface area contributed by atoms with Crippen molar-refractivity contribution in [2.24, 2.45) is 0 Å². The quantitative estimate of drug-likeness (QED) is 0.669. The smallest absolute Gasteiger partial charge is 0.222 e. The Balaban J connectivity index is 2.97. The van der Waals surface area contributed by atoms with Gasteiger partial charge in [0.1, 0.15) is 6.07 Å². The molecule has 0 aromatic heterocycles. The van der Waals surface area contributed by atoms with E-state index in [1.807, 2.05) is 6.92 Å². The van der Waals surface area contributed by atoms with Gasteiger partial charge in [0, 0.05) is 12.0 Å². The number of benzene rings is 1. The van der Waals surface area contributed by atoms with E-state index in [0.29, 0.717) is 5.56 Å². The van der Waals surface area contributed by atoms with E-state index >= 15 is 0 Å². The van der Waals surface area contributed by atoms with Gasteiger partial charge in [-0.3, -0.25) is 0 Å². The van der Waals surface area contributed by atoms with Gasteiger partial charge in [-0.05, 0) is 6.92 Å². The summed E-state index contributed by atoms with van der Waals surface area (Å²) in [6, 6.07) is 10.2. The fourth-order valence-electron chi connectivity index (χ4n) is 1.21. The van der Waals surface area contributed by atoms with Crippen molar-refractivity contribution in [3.05, 3.63) is 48.0 Å². The number of alkyl halides is 1. The maximum Gasteiger partial charge on any atom is 0.224 e. The van der Waals surface area contributed by atoms with Crippen molar-refractivity contribution < 1.29 is 4.39 Å². The second-order valence-corrected chi connectivity index (χ2v) is 3.05. The Bertz CT molecular complexity index is 350. The van der Waals surface area contributed by atoms with Gasteiger partial charge in [-0.15, -0.1) is 0 Å². The van der Waals surface area contributed by atoms with Gasteiger partial charge in [0.05, 0.1) is 0 Å². The van der Waals surface area contributed by atoms with Crippen LogP contribution in [0.5, 0.6) is 0 Å². The fraction of sp³-hybridized carbons (Fsp3) is 0.250. The first-order valence-corrected chi connectivity index (χ1v) is 4.50. The van der Waals surface area contributed by atoms with Crippen LogP contribution < -0.4 is 0 Å². The standard InChI is InChI=1S/C12H12FN/c1-2-3-9-12(13,10-14)11-7-5-4-6-8-11/h2-8H,9H2,1H3/b3-2+. The summed E-state index contributed by atoms with van der Waals surface area (Å²) in [5, 5.41) is 8.81. The van der Waals surface area contributed by atoms with E-state index in [1.54, 1.807) is 48.6 Å². The molecule has 1 unspecified atom stereocenters. The fourth-order valence-corrected chi connectivity index (χ4v) is 1.21. The molecule has 0 heterocycles. The lowest BCUT2D eigenvalue weighted by atomic mass is 9.94. The third-order valence-corrected chi connectivity index (χ3v) is 2.04. The molecule has 1 aromatic rings. The van der Waals surface area contributed by atoms with Crippen molar-refractivity contribution >= 4 is 0 Å². The second kappa shape index (κ2) is 4.57. The second-order valence-electron chi connectivity index (χ2n) is 3.05. The molecule has 0 N–H and O–H groups in total. The molecule has 0 aliphatic heterocycles. The molecule has 0 amide bonds.